The number of rotatable bonds is 4. The lowest BCUT2D eigenvalue weighted by Crippen LogP contribution is -2.24. The average molecular weight is 328 g/mol. The molecule has 6 nitrogen and oxygen atoms in total. The SMILES string of the molecule is COC(=O)C(C)Oc1ccc2c(c1)oc(=O)c1cc(OC)ccc12. The Morgan fingerprint density at radius 3 is 2.42 bits per heavy atom. The maximum Gasteiger partial charge on any atom is 0.346 e. The molecule has 124 valence electrons. The van der Waals surface area contributed by atoms with E-state index in [1.165, 1.54) is 14.2 Å². The molecule has 0 spiro atoms. The van der Waals surface area contributed by atoms with Crippen LogP contribution in [0.25, 0.3) is 21.7 Å². The Bertz CT molecular complexity index is 972. The minimum absolute atomic E-state index is 0.382. The van der Waals surface area contributed by atoms with E-state index in [-0.39, 0.29) is 0 Å². The fourth-order valence-corrected chi connectivity index (χ4v) is 2.51. The van der Waals surface area contributed by atoms with Gasteiger partial charge in [-0.2, -0.15) is 0 Å². The van der Waals surface area contributed by atoms with Gasteiger partial charge < -0.3 is 18.6 Å². The van der Waals surface area contributed by atoms with E-state index in [0.717, 1.165) is 10.8 Å². The highest BCUT2D eigenvalue weighted by Crippen LogP contribution is 2.28. The summed E-state index contributed by atoms with van der Waals surface area (Å²) >= 11 is 0. The second kappa shape index (κ2) is 6.23. The van der Waals surface area contributed by atoms with Crippen molar-refractivity contribution in [1.82, 2.24) is 0 Å². The molecule has 0 aliphatic carbocycles. The van der Waals surface area contributed by atoms with Gasteiger partial charge >= 0.3 is 11.6 Å². The van der Waals surface area contributed by atoms with Crippen molar-refractivity contribution in [3.63, 3.8) is 0 Å². The number of carbonyl (C=O) groups excluding carboxylic acids is 1. The van der Waals surface area contributed by atoms with Gasteiger partial charge in [0.2, 0.25) is 0 Å². The molecule has 0 bridgehead atoms. The van der Waals surface area contributed by atoms with Crippen LogP contribution in [0.5, 0.6) is 11.5 Å². The third-order valence-electron chi connectivity index (χ3n) is 3.74. The number of benzene rings is 2. The summed E-state index contributed by atoms with van der Waals surface area (Å²) in [6.07, 6.45) is -0.760. The molecule has 6 heteroatoms. The van der Waals surface area contributed by atoms with Crippen LogP contribution in [0.2, 0.25) is 0 Å². The van der Waals surface area contributed by atoms with Crippen molar-refractivity contribution in [2.45, 2.75) is 13.0 Å². The van der Waals surface area contributed by atoms with Crippen LogP contribution in [0, 0.1) is 0 Å². The molecule has 1 atom stereocenters. The molecular weight excluding hydrogens is 312 g/mol. The van der Waals surface area contributed by atoms with E-state index in [9.17, 15) is 9.59 Å². The van der Waals surface area contributed by atoms with E-state index in [0.29, 0.717) is 22.5 Å². The van der Waals surface area contributed by atoms with Gasteiger partial charge in [0.05, 0.1) is 19.6 Å². The molecule has 0 aliphatic rings. The highest BCUT2D eigenvalue weighted by atomic mass is 16.6. The third-order valence-corrected chi connectivity index (χ3v) is 3.74. The largest absolute Gasteiger partial charge is 0.497 e. The van der Waals surface area contributed by atoms with Gasteiger partial charge in [-0.05, 0) is 37.3 Å². The predicted molar refractivity (Wildman–Crippen MR) is 88.6 cm³/mol. The number of carbonyl (C=O) groups is 1. The lowest BCUT2D eigenvalue weighted by molar-refractivity contribution is -0.147. The van der Waals surface area contributed by atoms with Gasteiger partial charge in [-0.15, -0.1) is 0 Å². The molecular formula is C18H16O6. The molecule has 3 aromatic rings. The van der Waals surface area contributed by atoms with Crippen LogP contribution in [0.15, 0.2) is 45.6 Å². The highest BCUT2D eigenvalue weighted by molar-refractivity contribution is 6.04. The minimum atomic E-state index is -0.760. The lowest BCUT2D eigenvalue weighted by atomic mass is 10.1. The molecule has 0 saturated carbocycles. The quantitative estimate of drug-likeness (QED) is 0.416. The molecule has 0 fully saturated rings. The van der Waals surface area contributed by atoms with Crippen LogP contribution in [0.4, 0.5) is 0 Å². The summed E-state index contributed by atoms with van der Waals surface area (Å²) in [6, 6.07) is 10.3. The molecule has 0 saturated heterocycles. The van der Waals surface area contributed by atoms with Crippen molar-refractivity contribution in [3.8, 4) is 11.5 Å². The summed E-state index contributed by atoms with van der Waals surface area (Å²) in [4.78, 5) is 23.6. The first-order chi connectivity index (χ1) is 11.5. The Labute approximate surface area is 137 Å². The Kier molecular flexibility index (Phi) is 4.12. The summed E-state index contributed by atoms with van der Waals surface area (Å²) in [5, 5.41) is 1.97. The summed E-state index contributed by atoms with van der Waals surface area (Å²) in [5.74, 6) is 0.513. The monoisotopic (exact) mass is 328 g/mol. The van der Waals surface area contributed by atoms with Crippen LogP contribution in [0.3, 0.4) is 0 Å². The van der Waals surface area contributed by atoms with Gasteiger partial charge in [-0.1, -0.05) is 0 Å². The van der Waals surface area contributed by atoms with Gasteiger partial charge in [-0.3, -0.25) is 0 Å². The zero-order valence-corrected chi connectivity index (χ0v) is 13.5. The number of hydrogen-bond donors (Lipinski definition) is 0. The lowest BCUT2D eigenvalue weighted by Gasteiger charge is -2.13. The zero-order chi connectivity index (χ0) is 17.3. The fraction of sp³-hybridized carbons (Fsp3) is 0.222. The topological polar surface area (TPSA) is 75.0 Å². The van der Waals surface area contributed by atoms with Crippen molar-refractivity contribution in [2.24, 2.45) is 0 Å². The predicted octanol–water partition coefficient (Wildman–Crippen LogP) is 2.90. The molecule has 2 aromatic carbocycles. The average Bonchev–Trinajstić information content (AvgIpc) is 2.60. The van der Waals surface area contributed by atoms with E-state index < -0.39 is 17.7 Å². The smallest absolute Gasteiger partial charge is 0.346 e. The Hall–Kier alpha value is -3.02. The van der Waals surface area contributed by atoms with Crippen molar-refractivity contribution < 1.29 is 23.4 Å². The van der Waals surface area contributed by atoms with E-state index in [2.05, 4.69) is 4.74 Å². The number of methoxy groups -OCH3 is 2. The highest BCUT2D eigenvalue weighted by Gasteiger charge is 2.16. The van der Waals surface area contributed by atoms with Gasteiger partial charge in [0.15, 0.2) is 6.10 Å². The number of esters is 1. The molecule has 1 unspecified atom stereocenters. The molecule has 1 aromatic heterocycles. The second-order valence-electron chi connectivity index (χ2n) is 5.24. The van der Waals surface area contributed by atoms with Crippen LogP contribution in [-0.4, -0.2) is 26.3 Å². The Balaban J connectivity index is 2.09. The van der Waals surface area contributed by atoms with Gasteiger partial charge in [0.25, 0.3) is 0 Å². The van der Waals surface area contributed by atoms with Gasteiger partial charge in [0, 0.05) is 16.8 Å². The fourth-order valence-electron chi connectivity index (χ4n) is 2.51. The number of hydrogen-bond acceptors (Lipinski definition) is 6. The molecule has 0 N–H and O–H groups in total. The second-order valence-corrected chi connectivity index (χ2v) is 5.24. The number of ether oxygens (including phenoxy) is 3. The number of fused-ring (bicyclic) bond motifs is 3. The Morgan fingerprint density at radius 1 is 1.00 bits per heavy atom. The van der Waals surface area contributed by atoms with Crippen LogP contribution >= 0.6 is 0 Å². The van der Waals surface area contributed by atoms with Crippen molar-refractivity contribution in [3.05, 3.63) is 46.8 Å². The summed E-state index contributed by atoms with van der Waals surface area (Å²) < 4.78 is 20.6. The zero-order valence-electron chi connectivity index (χ0n) is 13.5. The van der Waals surface area contributed by atoms with E-state index in [4.69, 9.17) is 13.9 Å². The van der Waals surface area contributed by atoms with Crippen LogP contribution in [0.1, 0.15) is 6.92 Å². The first-order valence-electron chi connectivity index (χ1n) is 7.32. The standard InChI is InChI=1S/C18H16O6/c1-10(17(19)22-3)23-12-5-7-14-13-6-4-11(21-2)8-15(13)18(20)24-16(14)9-12/h4-10H,1-3H3. The van der Waals surface area contributed by atoms with Crippen molar-refractivity contribution in [2.75, 3.05) is 14.2 Å². The normalized spacial score (nSPS) is 12.1. The third kappa shape index (κ3) is 2.78. The van der Waals surface area contributed by atoms with Crippen LogP contribution < -0.4 is 15.1 Å². The molecule has 0 radical (unpaired) electrons. The molecule has 0 aliphatic heterocycles. The van der Waals surface area contributed by atoms with E-state index in [1.807, 2.05) is 6.07 Å². The molecule has 3 rings (SSSR count). The molecule has 1 heterocycles. The summed E-state index contributed by atoms with van der Waals surface area (Å²) in [5.41, 5.74) is -0.0817. The van der Waals surface area contributed by atoms with Gasteiger partial charge in [-0.25, -0.2) is 9.59 Å². The van der Waals surface area contributed by atoms with Crippen molar-refractivity contribution in [1.29, 1.82) is 0 Å². The van der Waals surface area contributed by atoms with E-state index >= 15 is 0 Å². The van der Waals surface area contributed by atoms with Crippen molar-refractivity contribution >= 4 is 27.7 Å². The van der Waals surface area contributed by atoms with Gasteiger partial charge in [0.1, 0.15) is 17.1 Å². The summed E-state index contributed by atoms with van der Waals surface area (Å²) in [7, 11) is 2.83. The van der Waals surface area contributed by atoms with Crippen LogP contribution in [-0.2, 0) is 9.53 Å². The Morgan fingerprint density at radius 2 is 1.71 bits per heavy atom. The molecule has 0 amide bonds. The first kappa shape index (κ1) is 15.9. The first-order valence-corrected chi connectivity index (χ1v) is 7.32. The van der Waals surface area contributed by atoms with E-state index in [1.54, 1.807) is 37.3 Å². The maximum absolute atomic E-state index is 12.2. The molecule has 24 heavy (non-hydrogen) atoms. The summed E-state index contributed by atoms with van der Waals surface area (Å²) in [6.45, 7) is 1.58. The maximum atomic E-state index is 12.2. The minimum Gasteiger partial charge on any atom is -0.497 e.